The molecule has 1 aromatic heterocycles. The molecule has 292 valence electrons. The predicted molar refractivity (Wildman–Crippen MR) is 204 cm³/mol. The first-order valence-corrected chi connectivity index (χ1v) is 19.3. The van der Waals surface area contributed by atoms with E-state index in [0.717, 1.165) is 57.2 Å². The van der Waals surface area contributed by atoms with Crippen LogP contribution in [0.5, 0.6) is 5.75 Å². The lowest BCUT2D eigenvalue weighted by Gasteiger charge is -2.43. The number of methoxy groups -OCH3 is 1. The number of carbonyl (C=O) groups excluding carboxylic acids is 3. The summed E-state index contributed by atoms with van der Waals surface area (Å²) >= 11 is 0. The molecule has 2 aromatic rings. The summed E-state index contributed by atoms with van der Waals surface area (Å²) < 4.78 is 22.9. The fraction of sp³-hybridized carbons (Fsp3) is 0.667. The third kappa shape index (κ3) is 10.7. The number of nitrogens with zero attached hydrogens (tertiary/aromatic N) is 5. The Balaban J connectivity index is 1.00. The summed E-state index contributed by atoms with van der Waals surface area (Å²) in [5.41, 5.74) is 1.33. The number of carbonyl (C=O) groups is 3. The van der Waals surface area contributed by atoms with Crippen LogP contribution in [-0.4, -0.2) is 110 Å². The number of hydrogen-bond donors (Lipinski definition) is 2. The maximum atomic E-state index is 13.2. The number of amides is 3. The third-order valence-corrected chi connectivity index (χ3v) is 10.0. The fourth-order valence-corrected chi connectivity index (χ4v) is 7.17. The number of fused-ring (bicyclic) bond motifs is 1. The minimum atomic E-state index is -0.484. The lowest BCUT2D eigenvalue weighted by atomic mass is 10.0. The molecule has 1 saturated heterocycles. The quantitative estimate of drug-likeness (QED) is 0.194. The van der Waals surface area contributed by atoms with Crippen LogP contribution in [0.1, 0.15) is 102 Å². The predicted octanol–water partition coefficient (Wildman–Crippen LogP) is 6.07. The number of aromatic nitrogens is 2. The summed E-state index contributed by atoms with van der Waals surface area (Å²) in [6, 6.07) is 5.25. The van der Waals surface area contributed by atoms with Gasteiger partial charge in [0.1, 0.15) is 23.1 Å². The minimum Gasteiger partial charge on any atom is -0.495 e. The Hall–Kier alpha value is -4.17. The lowest BCUT2D eigenvalue weighted by Crippen LogP contribution is -2.55. The molecule has 53 heavy (non-hydrogen) atoms. The summed E-state index contributed by atoms with van der Waals surface area (Å²) in [6.45, 7) is 11.3. The number of nitrogens with one attached hydrogen (secondary N) is 2. The van der Waals surface area contributed by atoms with Crippen molar-refractivity contribution in [2.75, 3.05) is 68.7 Å². The van der Waals surface area contributed by atoms with Crippen LogP contribution in [0.3, 0.4) is 0 Å². The number of piperidine rings is 1. The largest absolute Gasteiger partial charge is 0.495 e. The number of likely N-dealkylation sites (N-methyl/N-ethyl adjacent to an activating group) is 1. The van der Waals surface area contributed by atoms with Gasteiger partial charge < -0.3 is 44.3 Å². The van der Waals surface area contributed by atoms with Gasteiger partial charge in [-0.15, -0.1) is 0 Å². The van der Waals surface area contributed by atoms with E-state index in [1.54, 1.807) is 48.4 Å². The molecule has 5 rings (SSSR count). The Labute approximate surface area is 314 Å². The second kappa shape index (κ2) is 18.7. The summed E-state index contributed by atoms with van der Waals surface area (Å²) in [7, 11) is 3.35. The Bertz CT molecular complexity index is 1540. The molecule has 2 fully saturated rings. The molecule has 0 bridgehead atoms. The molecule has 2 N–H and O–H groups in total. The van der Waals surface area contributed by atoms with Crippen LogP contribution in [0.4, 0.5) is 27.9 Å². The molecule has 3 aliphatic rings. The van der Waals surface area contributed by atoms with Gasteiger partial charge >= 0.3 is 6.09 Å². The number of likely N-dealkylation sites (tertiary alicyclic amines) is 1. The Morgan fingerprint density at radius 2 is 1.72 bits per heavy atom. The first kappa shape index (κ1) is 40.0. The van der Waals surface area contributed by atoms with Gasteiger partial charge in [0, 0.05) is 58.1 Å². The summed E-state index contributed by atoms with van der Waals surface area (Å²) in [6.07, 6.45) is 10.9. The monoisotopic (exact) mass is 737 g/mol. The fourth-order valence-electron chi connectivity index (χ4n) is 7.17. The summed E-state index contributed by atoms with van der Waals surface area (Å²) in [5.74, 6) is 1.53. The zero-order valence-corrected chi connectivity index (χ0v) is 32.4. The van der Waals surface area contributed by atoms with Gasteiger partial charge in [0.2, 0.25) is 11.9 Å². The van der Waals surface area contributed by atoms with Crippen molar-refractivity contribution in [2.45, 2.75) is 116 Å². The summed E-state index contributed by atoms with van der Waals surface area (Å²) in [4.78, 5) is 53.5. The van der Waals surface area contributed by atoms with Gasteiger partial charge in [0.15, 0.2) is 5.82 Å². The van der Waals surface area contributed by atoms with Crippen molar-refractivity contribution < 1.29 is 33.3 Å². The van der Waals surface area contributed by atoms with Crippen molar-refractivity contribution in [2.24, 2.45) is 0 Å². The van der Waals surface area contributed by atoms with Crippen LogP contribution >= 0.6 is 0 Å². The second-order valence-electron chi connectivity index (χ2n) is 15.1. The SMILES string of the molecule is CC[C@@H]1C(=O)N(C)c2cnc(Nc3ccc(C(=O)NCCCOCCCCOC4CCN(C(=O)OC(C)(C)C)CC4)cc3OC)nc2N1C1CCCC1. The first-order chi connectivity index (χ1) is 25.5. The van der Waals surface area contributed by atoms with Crippen LogP contribution < -0.4 is 25.2 Å². The third-order valence-electron chi connectivity index (χ3n) is 10.0. The highest BCUT2D eigenvalue weighted by atomic mass is 16.6. The van der Waals surface area contributed by atoms with Crippen molar-refractivity contribution in [1.82, 2.24) is 20.2 Å². The average Bonchev–Trinajstić information content (AvgIpc) is 3.68. The second-order valence-corrected chi connectivity index (χ2v) is 15.1. The van der Waals surface area contributed by atoms with E-state index in [1.165, 1.54) is 0 Å². The van der Waals surface area contributed by atoms with Crippen molar-refractivity contribution in [3.63, 3.8) is 0 Å². The van der Waals surface area contributed by atoms with Gasteiger partial charge in [-0.1, -0.05) is 19.8 Å². The minimum absolute atomic E-state index is 0.0729. The van der Waals surface area contributed by atoms with Crippen molar-refractivity contribution in [1.29, 1.82) is 0 Å². The van der Waals surface area contributed by atoms with E-state index >= 15 is 0 Å². The number of anilines is 4. The van der Waals surface area contributed by atoms with E-state index < -0.39 is 5.60 Å². The van der Waals surface area contributed by atoms with E-state index in [1.807, 2.05) is 27.7 Å². The van der Waals surface area contributed by atoms with Crippen LogP contribution in [0, 0.1) is 0 Å². The maximum absolute atomic E-state index is 13.2. The lowest BCUT2D eigenvalue weighted by molar-refractivity contribution is -0.120. The molecule has 0 unspecified atom stereocenters. The topological polar surface area (TPSA) is 148 Å². The number of unbranched alkanes of at least 4 members (excludes halogenated alkanes) is 1. The van der Waals surface area contributed by atoms with Crippen molar-refractivity contribution in [3.8, 4) is 5.75 Å². The average molecular weight is 738 g/mol. The highest BCUT2D eigenvalue weighted by Crippen LogP contribution is 2.40. The molecular weight excluding hydrogens is 678 g/mol. The molecule has 14 heteroatoms. The molecular formula is C39H59N7O7. The number of hydrogen-bond acceptors (Lipinski definition) is 11. The Kier molecular flexibility index (Phi) is 14.1. The molecule has 14 nitrogen and oxygen atoms in total. The van der Waals surface area contributed by atoms with E-state index in [2.05, 4.69) is 20.5 Å². The number of ether oxygens (including phenoxy) is 4. The molecule has 1 aliphatic carbocycles. The van der Waals surface area contributed by atoms with Crippen molar-refractivity contribution in [3.05, 3.63) is 30.0 Å². The molecule has 3 heterocycles. The molecule has 1 aromatic carbocycles. The molecule has 0 spiro atoms. The Morgan fingerprint density at radius 1 is 1.00 bits per heavy atom. The smallest absolute Gasteiger partial charge is 0.410 e. The molecule has 3 amide bonds. The van der Waals surface area contributed by atoms with E-state index in [4.69, 9.17) is 23.9 Å². The van der Waals surface area contributed by atoms with Gasteiger partial charge in [0.05, 0.1) is 25.1 Å². The van der Waals surface area contributed by atoms with Gasteiger partial charge in [-0.05, 0) is 90.3 Å². The standard InChI is InChI=1S/C39H59N7O7/c1-7-31-36(48)44(5)32-26-41-37(43-34(32)46(31)28-13-8-9-14-28)42-30-16-15-27(25-33(30)50-6)35(47)40-19-12-23-51-22-10-11-24-52-29-17-20-45(21-18-29)38(49)53-39(2,3)4/h15-16,25-26,28-29,31H,7-14,17-24H2,1-6H3,(H,40,47)(H,41,42,43)/t31-/m1/s1. The highest BCUT2D eigenvalue weighted by molar-refractivity contribution is 6.04. The van der Waals surface area contributed by atoms with Crippen LogP contribution in [0.2, 0.25) is 0 Å². The zero-order valence-electron chi connectivity index (χ0n) is 32.4. The van der Waals surface area contributed by atoms with Crippen LogP contribution in [-0.2, 0) is 19.0 Å². The number of benzene rings is 1. The van der Waals surface area contributed by atoms with Gasteiger partial charge in [0.25, 0.3) is 5.91 Å². The maximum Gasteiger partial charge on any atom is 0.410 e. The van der Waals surface area contributed by atoms with Gasteiger partial charge in [-0.3, -0.25) is 9.59 Å². The Morgan fingerprint density at radius 3 is 2.42 bits per heavy atom. The first-order valence-electron chi connectivity index (χ1n) is 19.3. The molecule has 0 radical (unpaired) electrons. The van der Waals surface area contributed by atoms with Crippen molar-refractivity contribution >= 4 is 41.0 Å². The summed E-state index contributed by atoms with van der Waals surface area (Å²) in [5, 5.41) is 6.23. The van der Waals surface area contributed by atoms with Gasteiger partial charge in [-0.2, -0.15) is 4.98 Å². The molecule has 1 atom stereocenters. The van der Waals surface area contributed by atoms with E-state index in [-0.39, 0.29) is 36.1 Å². The normalized spacial score (nSPS) is 18.3. The van der Waals surface area contributed by atoms with Gasteiger partial charge in [-0.25, -0.2) is 9.78 Å². The van der Waals surface area contributed by atoms with Crippen LogP contribution in [0.15, 0.2) is 24.4 Å². The molecule has 1 saturated carbocycles. The van der Waals surface area contributed by atoms with E-state index in [0.29, 0.717) is 80.9 Å². The number of rotatable bonds is 16. The molecule has 2 aliphatic heterocycles. The van der Waals surface area contributed by atoms with Crippen LogP contribution in [0.25, 0.3) is 0 Å². The zero-order chi connectivity index (χ0) is 38.0. The van der Waals surface area contributed by atoms with E-state index in [9.17, 15) is 14.4 Å². The highest BCUT2D eigenvalue weighted by Gasteiger charge is 2.41.